The van der Waals surface area contributed by atoms with Gasteiger partial charge in [-0.2, -0.15) is 0 Å². The van der Waals surface area contributed by atoms with Crippen molar-refractivity contribution in [1.82, 2.24) is 15.1 Å². The van der Waals surface area contributed by atoms with E-state index in [2.05, 4.69) is 24.2 Å². The highest BCUT2D eigenvalue weighted by Crippen LogP contribution is 2.21. The maximum atomic E-state index is 13.8. The number of amides is 2. The second kappa shape index (κ2) is 7.29. The minimum atomic E-state index is -0.472. The number of nitrogens with zero attached hydrogens (tertiary/aromatic N) is 2. The Bertz CT molecular complexity index is 540. The number of benzene rings is 1. The first-order valence-corrected chi connectivity index (χ1v) is 7.90. The number of nitrogens with one attached hydrogen (secondary N) is 1. The van der Waals surface area contributed by atoms with E-state index in [9.17, 15) is 9.18 Å². The molecule has 0 spiro atoms. The number of hydrogen-bond donors (Lipinski definition) is 1. The molecule has 1 N–H and O–H groups in total. The van der Waals surface area contributed by atoms with Crippen LogP contribution in [0.25, 0.3) is 0 Å². The normalized spacial score (nSPS) is 22.4. The number of halogens is 2. The van der Waals surface area contributed by atoms with E-state index in [0.29, 0.717) is 11.5 Å². The van der Waals surface area contributed by atoms with E-state index in [1.54, 1.807) is 24.1 Å². The molecule has 6 heteroatoms. The number of carbonyl (C=O) groups excluding carboxylic acids is 1. The van der Waals surface area contributed by atoms with Gasteiger partial charge in [0.15, 0.2) is 0 Å². The van der Waals surface area contributed by atoms with Crippen LogP contribution >= 0.6 is 11.6 Å². The van der Waals surface area contributed by atoms with Crippen LogP contribution in [0, 0.1) is 11.7 Å². The minimum absolute atomic E-state index is 0.0732. The Labute approximate surface area is 136 Å². The Morgan fingerprint density at radius 3 is 2.95 bits per heavy atom. The quantitative estimate of drug-likeness (QED) is 0.926. The zero-order valence-corrected chi connectivity index (χ0v) is 14.0. The highest BCUT2D eigenvalue weighted by atomic mass is 35.5. The molecule has 0 saturated carbocycles. The third-order valence-electron chi connectivity index (χ3n) is 4.34. The van der Waals surface area contributed by atoms with Gasteiger partial charge in [-0.1, -0.05) is 30.7 Å². The molecule has 1 aliphatic rings. The molecule has 0 aromatic heterocycles. The molecule has 1 fully saturated rings. The summed E-state index contributed by atoms with van der Waals surface area (Å²) in [4.78, 5) is 16.3. The van der Waals surface area contributed by atoms with Crippen molar-refractivity contribution in [1.29, 1.82) is 0 Å². The Hall–Kier alpha value is -1.33. The molecule has 2 atom stereocenters. The predicted molar refractivity (Wildman–Crippen MR) is 86.5 cm³/mol. The van der Waals surface area contributed by atoms with Crippen LogP contribution in [0.15, 0.2) is 18.2 Å². The van der Waals surface area contributed by atoms with E-state index >= 15 is 0 Å². The molecule has 1 aliphatic heterocycles. The monoisotopic (exact) mass is 327 g/mol. The number of rotatable bonds is 3. The van der Waals surface area contributed by atoms with Crippen molar-refractivity contribution in [3.05, 3.63) is 34.6 Å². The number of hydrogen-bond acceptors (Lipinski definition) is 2. The van der Waals surface area contributed by atoms with E-state index in [1.165, 1.54) is 6.07 Å². The summed E-state index contributed by atoms with van der Waals surface area (Å²) in [6.07, 6.45) is 0.952. The van der Waals surface area contributed by atoms with Gasteiger partial charge in [0.2, 0.25) is 0 Å². The number of urea groups is 1. The molecule has 0 bridgehead atoms. The first-order valence-electron chi connectivity index (χ1n) is 7.52. The third-order valence-corrected chi connectivity index (χ3v) is 4.63. The van der Waals surface area contributed by atoms with E-state index in [1.807, 2.05) is 0 Å². The van der Waals surface area contributed by atoms with Crippen LogP contribution in [0.2, 0.25) is 5.02 Å². The SMILES string of the molecule is CC1CN(C)CCC1N(C)C(=O)NCc1cccc(Cl)c1F. The largest absolute Gasteiger partial charge is 0.334 e. The molecule has 122 valence electrons. The summed E-state index contributed by atoms with van der Waals surface area (Å²) < 4.78 is 13.8. The fourth-order valence-electron chi connectivity index (χ4n) is 3.05. The summed E-state index contributed by atoms with van der Waals surface area (Å²) in [7, 11) is 3.89. The zero-order valence-electron chi connectivity index (χ0n) is 13.3. The maximum absolute atomic E-state index is 13.8. The fourth-order valence-corrected chi connectivity index (χ4v) is 3.24. The Morgan fingerprint density at radius 2 is 2.27 bits per heavy atom. The lowest BCUT2D eigenvalue weighted by atomic mass is 9.93. The molecular formula is C16H23ClFN3O. The van der Waals surface area contributed by atoms with Gasteiger partial charge in [0.1, 0.15) is 5.82 Å². The molecule has 2 unspecified atom stereocenters. The van der Waals surface area contributed by atoms with Crippen LogP contribution in [0.4, 0.5) is 9.18 Å². The summed E-state index contributed by atoms with van der Waals surface area (Å²) in [6, 6.07) is 4.82. The topological polar surface area (TPSA) is 35.6 Å². The van der Waals surface area contributed by atoms with Crippen LogP contribution in [0.1, 0.15) is 18.9 Å². The van der Waals surface area contributed by atoms with Crippen molar-refractivity contribution >= 4 is 17.6 Å². The average Bonchev–Trinajstić information content (AvgIpc) is 2.48. The Balaban J connectivity index is 1.93. The van der Waals surface area contributed by atoms with Crippen molar-refractivity contribution in [2.75, 3.05) is 27.2 Å². The minimum Gasteiger partial charge on any atom is -0.334 e. The van der Waals surface area contributed by atoms with E-state index in [4.69, 9.17) is 11.6 Å². The molecule has 1 aromatic rings. The van der Waals surface area contributed by atoms with Crippen molar-refractivity contribution in [3.8, 4) is 0 Å². The number of piperidine rings is 1. The molecule has 4 nitrogen and oxygen atoms in total. The second-order valence-corrected chi connectivity index (χ2v) is 6.49. The molecule has 22 heavy (non-hydrogen) atoms. The van der Waals surface area contributed by atoms with Gasteiger partial charge in [0.25, 0.3) is 0 Å². The standard InChI is InChI=1S/C16H23ClFN3O/c1-11-10-20(2)8-7-14(11)21(3)16(22)19-9-12-5-4-6-13(17)15(12)18/h4-6,11,14H,7-10H2,1-3H3,(H,19,22). The van der Waals surface area contributed by atoms with Gasteiger partial charge in [0.05, 0.1) is 5.02 Å². The zero-order chi connectivity index (χ0) is 16.3. The lowest BCUT2D eigenvalue weighted by Crippen LogP contribution is -2.52. The van der Waals surface area contributed by atoms with Crippen molar-refractivity contribution in [3.63, 3.8) is 0 Å². The van der Waals surface area contributed by atoms with Crippen LogP contribution < -0.4 is 5.32 Å². The second-order valence-electron chi connectivity index (χ2n) is 6.08. The van der Waals surface area contributed by atoms with Crippen molar-refractivity contribution in [2.24, 2.45) is 5.92 Å². The van der Waals surface area contributed by atoms with Gasteiger partial charge in [0, 0.05) is 31.7 Å². The van der Waals surface area contributed by atoms with Gasteiger partial charge in [-0.3, -0.25) is 0 Å². The van der Waals surface area contributed by atoms with Gasteiger partial charge in [-0.05, 0) is 32.0 Å². The van der Waals surface area contributed by atoms with Crippen molar-refractivity contribution in [2.45, 2.75) is 25.9 Å². The molecule has 1 saturated heterocycles. The molecule has 2 rings (SSSR count). The first kappa shape index (κ1) is 17.0. The maximum Gasteiger partial charge on any atom is 0.317 e. The summed E-state index contributed by atoms with van der Waals surface area (Å²) in [5, 5.41) is 2.84. The molecule has 1 aromatic carbocycles. The lowest BCUT2D eigenvalue weighted by Gasteiger charge is -2.39. The molecule has 0 aliphatic carbocycles. The summed E-state index contributed by atoms with van der Waals surface area (Å²) in [6.45, 7) is 4.25. The van der Waals surface area contributed by atoms with Crippen LogP contribution in [-0.2, 0) is 6.54 Å². The summed E-state index contributed by atoms with van der Waals surface area (Å²) in [5.74, 6) is -0.0582. The molecule has 2 amide bonds. The van der Waals surface area contributed by atoms with Crippen LogP contribution in [0.5, 0.6) is 0 Å². The molecular weight excluding hydrogens is 305 g/mol. The Kier molecular flexibility index (Phi) is 5.64. The highest BCUT2D eigenvalue weighted by Gasteiger charge is 2.29. The lowest BCUT2D eigenvalue weighted by molar-refractivity contribution is 0.107. The number of carbonyl (C=O) groups is 1. The Morgan fingerprint density at radius 1 is 1.55 bits per heavy atom. The molecule has 1 heterocycles. The smallest absolute Gasteiger partial charge is 0.317 e. The fraction of sp³-hybridized carbons (Fsp3) is 0.562. The van der Waals surface area contributed by atoms with Gasteiger partial charge < -0.3 is 15.1 Å². The average molecular weight is 328 g/mol. The third kappa shape index (κ3) is 3.90. The first-order chi connectivity index (χ1) is 10.4. The van der Waals surface area contributed by atoms with Gasteiger partial charge in [-0.25, -0.2) is 9.18 Å². The summed E-state index contributed by atoms with van der Waals surface area (Å²) in [5.41, 5.74) is 0.394. The van der Waals surface area contributed by atoms with Crippen LogP contribution in [-0.4, -0.2) is 49.1 Å². The van der Waals surface area contributed by atoms with Gasteiger partial charge in [-0.15, -0.1) is 0 Å². The van der Waals surface area contributed by atoms with E-state index < -0.39 is 5.82 Å². The highest BCUT2D eigenvalue weighted by molar-refractivity contribution is 6.30. The molecule has 0 radical (unpaired) electrons. The van der Waals surface area contributed by atoms with Crippen molar-refractivity contribution < 1.29 is 9.18 Å². The predicted octanol–water partition coefficient (Wildman–Crippen LogP) is 2.96. The van der Waals surface area contributed by atoms with E-state index in [-0.39, 0.29) is 23.6 Å². The summed E-state index contributed by atoms with van der Waals surface area (Å²) >= 11 is 5.74. The van der Waals surface area contributed by atoms with E-state index in [0.717, 1.165) is 19.5 Å². The van der Waals surface area contributed by atoms with Gasteiger partial charge >= 0.3 is 6.03 Å². The number of likely N-dealkylation sites (tertiary alicyclic amines) is 1. The van der Waals surface area contributed by atoms with Crippen LogP contribution in [0.3, 0.4) is 0 Å².